The van der Waals surface area contributed by atoms with E-state index in [4.69, 9.17) is 4.74 Å². The van der Waals surface area contributed by atoms with Gasteiger partial charge in [-0.15, -0.1) is 24.0 Å². The zero-order valence-corrected chi connectivity index (χ0v) is 16.7. The Morgan fingerprint density at radius 1 is 1.17 bits per heavy atom. The number of rotatable bonds is 5. The number of hydrogen-bond acceptors (Lipinski definition) is 3. The van der Waals surface area contributed by atoms with Gasteiger partial charge in [-0.25, -0.2) is 0 Å². The van der Waals surface area contributed by atoms with Crippen molar-refractivity contribution in [1.29, 1.82) is 0 Å². The van der Waals surface area contributed by atoms with Gasteiger partial charge in [0.1, 0.15) is 0 Å². The van der Waals surface area contributed by atoms with Gasteiger partial charge in [0.25, 0.3) is 0 Å². The standard InChI is InChI=1S/C17H28N4O.HI/c1-14(2)12-19-17(18-3)20-13-15-4-6-16(7-5-15)21-8-10-22-11-9-21;/h4-7,14H,8-13H2,1-3H3,(H2,18,19,20);1H. The fraction of sp³-hybridized carbons (Fsp3) is 0.588. The number of aliphatic imine (C=N–C) groups is 1. The van der Waals surface area contributed by atoms with Gasteiger partial charge in [0.2, 0.25) is 0 Å². The molecule has 0 spiro atoms. The molecule has 0 amide bonds. The maximum atomic E-state index is 5.39. The van der Waals surface area contributed by atoms with Crippen molar-refractivity contribution in [2.24, 2.45) is 10.9 Å². The van der Waals surface area contributed by atoms with Crippen LogP contribution in [0.2, 0.25) is 0 Å². The smallest absolute Gasteiger partial charge is 0.191 e. The van der Waals surface area contributed by atoms with Crippen LogP contribution in [0.5, 0.6) is 0 Å². The highest BCUT2D eigenvalue weighted by Crippen LogP contribution is 2.16. The van der Waals surface area contributed by atoms with Crippen molar-refractivity contribution in [3.63, 3.8) is 0 Å². The van der Waals surface area contributed by atoms with Crippen LogP contribution in [-0.4, -0.2) is 45.9 Å². The van der Waals surface area contributed by atoms with Crippen LogP contribution in [0.15, 0.2) is 29.3 Å². The molecule has 1 aliphatic rings. The third-order valence-corrected chi connectivity index (χ3v) is 3.67. The lowest BCUT2D eigenvalue weighted by atomic mass is 10.2. The third-order valence-electron chi connectivity index (χ3n) is 3.67. The summed E-state index contributed by atoms with van der Waals surface area (Å²) < 4.78 is 5.39. The van der Waals surface area contributed by atoms with Crippen LogP contribution < -0.4 is 15.5 Å². The predicted octanol–water partition coefficient (Wildman–Crippen LogP) is 2.46. The second-order valence-electron chi connectivity index (χ2n) is 5.97. The maximum absolute atomic E-state index is 5.39. The van der Waals surface area contributed by atoms with E-state index in [1.807, 2.05) is 0 Å². The van der Waals surface area contributed by atoms with Crippen molar-refractivity contribution in [3.05, 3.63) is 29.8 Å². The lowest BCUT2D eigenvalue weighted by Gasteiger charge is -2.29. The van der Waals surface area contributed by atoms with Crippen molar-refractivity contribution >= 4 is 35.6 Å². The quantitative estimate of drug-likeness (QED) is 0.427. The van der Waals surface area contributed by atoms with Gasteiger partial charge in [0.05, 0.1) is 13.2 Å². The molecular formula is C17H29IN4O. The Morgan fingerprint density at radius 3 is 2.39 bits per heavy atom. The van der Waals surface area contributed by atoms with Gasteiger partial charge >= 0.3 is 0 Å². The molecule has 0 radical (unpaired) electrons. The van der Waals surface area contributed by atoms with E-state index in [-0.39, 0.29) is 24.0 Å². The first-order chi connectivity index (χ1) is 10.7. The fourth-order valence-corrected chi connectivity index (χ4v) is 2.35. The number of nitrogens with one attached hydrogen (secondary N) is 2. The Hall–Kier alpha value is -1.02. The fourth-order valence-electron chi connectivity index (χ4n) is 2.35. The summed E-state index contributed by atoms with van der Waals surface area (Å²) in [6.07, 6.45) is 0. The second-order valence-corrected chi connectivity index (χ2v) is 5.97. The number of ether oxygens (including phenoxy) is 1. The molecule has 0 atom stereocenters. The molecule has 5 nitrogen and oxygen atoms in total. The molecule has 1 fully saturated rings. The Labute approximate surface area is 156 Å². The molecule has 23 heavy (non-hydrogen) atoms. The average molecular weight is 432 g/mol. The molecule has 1 saturated heterocycles. The molecule has 0 saturated carbocycles. The van der Waals surface area contributed by atoms with Crippen LogP contribution in [0.4, 0.5) is 5.69 Å². The van der Waals surface area contributed by atoms with E-state index in [9.17, 15) is 0 Å². The van der Waals surface area contributed by atoms with Crippen LogP contribution in [0, 0.1) is 5.92 Å². The summed E-state index contributed by atoms with van der Waals surface area (Å²) in [7, 11) is 1.80. The van der Waals surface area contributed by atoms with Gasteiger partial charge in [-0.2, -0.15) is 0 Å². The topological polar surface area (TPSA) is 48.9 Å². The van der Waals surface area contributed by atoms with Crippen molar-refractivity contribution in [3.8, 4) is 0 Å². The van der Waals surface area contributed by atoms with Gasteiger partial charge in [-0.3, -0.25) is 4.99 Å². The molecular weight excluding hydrogens is 403 g/mol. The molecule has 1 aromatic carbocycles. The van der Waals surface area contributed by atoms with Crippen molar-refractivity contribution < 1.29 is 4.74 Å². The number of benzene rings is 1. The van der Waals surface area contributed by atoms with Crippen LogP contribution in [0.25, 0.3) is 0 Å². The van der Waals surface area contributed by atoms with Gasteiger partial charge < -0.3 is 20.3 Å². The van der Waals surface area contributed by atoms with Gasteiger partial charge in [0.15, 0.2) is 5.96 Å². The Morgan fingerprint density at radius 2 is 1.83 bits per heavy atom. The number of hydrogen-bond donors (Lipinski definition) is 2. The summed E-state index contributed by atoms with van der Waals surface area (Å²) in [6.45, 7) is 9.67. The van der Waals surface area contributed by atoms with Crippen LogP contribution in [-0.2, 0) is 11.3 Å². The zero-order chi connectivity index (χ0) is 15.8. The second kappa shape index (κ2) is 10.7. The Kier molecular flexibility index (Phi) is 9.31. The summed E-state index contributed by atoms with van der Waals surface area (Å²) in [4.78, 5) is 6.60. The van der Waals surface area contributed by atoms with E-state index < -0.39 is 0 Å². The molecule has 0 bridgehead atoms. The molecule has 1 aliphatic heterocycles. The predicted molar refractivity (Wildman–Crippen MR) is 108 cm³/mol. The summed E-state index contributed by atoms with van der Waals surface area (Å²) in [5.41, 5.74) is 2.53. The highest BCUT2D eigenvalue weighted by molar-refractivity contribution is 14.0. The largest absolute Gasteiger partial charge is 0.378 e. The van der Waals surface area contributed by atoms with E-state index in [1.54, 1.807) is 7.05 Å². The normalized spacial score (nSPS) is 15.3. The summed E-state index contributed by atoms with van der Waals surface area (Å²) in [6, 6.07) is 8.72. The molecule has 130 valence electrons. The molecule has 0 unspecified atom stereocenters. The van der Waals surface area contributed by atoms with Crippen molar-refractivity contribution in [1.82, 2.24) is 10.6 Å². The number of anilines is 1. The van der Waals surface area contributed by atoms with Crippen LogP contribution in [0.1, 0.15) is 19.4 Å². The number of nitrogens with zero attached hydrogens (tertiary/aromatic N) is 2. The molecule has 2 N–H and O–H groups in total. The minimum Gasteiger partial charge on any atom is -0.378 e. The van der Waals surface area contributed by atoms with Crippen molar-refractivity contribution in [2.45, 2.75) is 20.4 Å². The highest BCUT2D eigenvalue weighted by Gasteiger charge is 2.10. The molecule has 1 aromatic rings. The first-order valence-corrected chi connectivity index (χ1v) is 8.05. The SMILES string of the molecule is CN=C(NCc1ccc(N2CCOCC2)cc1)NCC(C)C.I. The molecule has 1 heterocycles. The first-order valence-electron chi connectivity index (χ1n) is 8.05. The third kappa shape index (κ3) is 6.95. The summed E-state index contributed by atoms with van der Waals surface area (Å²) in [5.74, 6) is 1.46. The minimum absolute atomic E-state index is 0. The summed E-state index contributed by atoms with van der Waals surface area (Å²) >= 11 is 0. The van der Waals surface area contributed by atoms with E-state index >= 15 is 0 Å². The lowest BCUT2D eigenvalue weighted by molar-refractivity contribution is 0.122. The van der Waals surface area contributed by atoms with Crippen LogP contribution in [0.3, 0.4) is 0 Å². The molecule has 6 heteroatoms. The van der Waals surface area contributed by atoms with E-state index in [2.05, 4.69) is 58.6 Å². The van der Waals surface area contributed by atoms with E-state index in [1.165, 1.54) is 11.3 Å². The van der Waals surface area contributed by atoms with E-state index in [0.717, 1.165) is 45.4 Å². The van der Waals surface area contributed by atoms with E-state index in [0.29, 0.717) is 5.92 Å². The monoisotopic (exact) mass is 432 g/mol. The van der Waals surface area contributed by atoms with Crippen LogP contribution >= 0.6 is 24.0 Å². The minimum atomic E-state index is 0. The molecule has 2 rings (SSSR count). The van der Waals surface area contributed by atoms with Gasteiger partial charge in [-0.05, 0) is 23.6 Å². The highest BCUT2D eigenvalue weighted by atomic mass is 127. The average Bonchev–Trinajstić information content (AvgIpc) is 2.56. The zero-order valence-electron chi connectivity index (χ0n) is 14.3. The molecule has 0 aromatic heterocycles. The van der Waals surface area contributed by atoms with Gasteiger partial charge in [0, 0.05) is 38.9 Å². The first kappa shape index (κ1) is 20.0. The van der Waals surface area contributed by atoms with Gasteiger partial charge in [-0.1, -0.05) is 26.0 Å². The summed E-state index contributed by atoms with van der Waals surface area (Å²) in [5, 5.41) is 6.66. The molecule has 0 aliphatic carbocycles. The Bertz CT molecular complexity index is 470. The number of guanidine groups is 1. The number of morpholine rings is 1. The Balaban J connectivity index is 0.00000264. The van der Waals surface area contributed by atoms with Crippen molar-refractivity contribution in [2.75, 3.05) is 44.8 Å². The lowest BCUT2D eigenvalue weighted by Crippen LogP contribution is -2.38. The number of halogens is 1. The maximum Gasteiger partial charge on any atom is 0.191 e.